The van der Waals surface area contributed by atoms with Gasteiger partial charge in [-0.05, 0) is 42.5 Å². The van der Waals surface area contributed by atoms with Gasteiger partial charge in [-0.15, -0.1) is 0 Å². The molecule has 1 aromatic carbocycles. The first-order valence-corrected chi connectivity index (χ1v) is 13.4. The highest BCUT2D eigenvalue weighted by atomic mass is 32.2. The van der Waals surface area contributed by atoms with Gasteiger partial charge in [0.05, 0.1) is 5.75 Å². The van der Waals surface area contributed by atoms with Gasteiger partial charge in [0.2, 0.25) is 6.29 Å². The van der Waals surface area contributed by atoms with E-state index in [0.29, 0.717) is 37.3 Å². The van der Waals surface area contributed by atoms with E-state index in [1.54, 1.807) is 0 Å². The number of ether oxygens (including phenoxy) is 1. The summed E-state index contributed by atoms with van der Waals surface area (Å²) in [6.07, 6.45) is 5.55. The average molecular weight is 504 g/mol. The number of nitrogens with zero attached hydrogens (tertiary/aromatic N) is 2. The lowest BCUT2D eigenvalue weighted by Crippen LogP contribution is -2.37. The molecule has 9 nitrogen and oxygen atoms in total. The molecule has 3 heterocycles. The summed E-state index contributed by atoms with van der Waals surface area (Å²) in [7, 11) is -3.99. The third kappa shape index (κ3) is 6.19. The van der Waals surface area contributed by atoms with Crippen molar-refractivity contribution in [2.75, 3.05) is 23.7 Å². The fourth-order valence-electron chi connectivity index (χ4n) is 4.72. The second-order valence-corrected chi connectivity index (χ2v) is 10.6. The van der Waals surface area contributed by atoms with Crippen molar-refractivity contribution in [1.82, 2.24) is 0 Å². The molecule has 0 radical (unpaired) electrons. The summed E-state index contributed by atoms with van der Waals surface area (Å²) in [5.41, 5.74) is 5.44. The summed E-state index contributed by atoms with van der Waals surface area (Å²) < 4.78 is 38.6. The molecule has 10 heteroatoms. The maximum absolute atomic E-state index is 11.0. The Balaban J connectivity index is 1.55. The molecule has 1 atom stereocenters. The van der Waals surface area contributed by atoms with Gasteiger partial charge < -0.3 is 19.8 Å². The van der Waals surface area contributed by atoms with Gasteiger partial charge >= 0.3 is 5.97 Å². The molecule has 1 aromatic heterocycles. The summed E-state index contributed by atoms with van der Waals surface area (Å²) in [5.74, 6) is -0.494. The molecule has 0 aliphatic carbocycles. The van der Waals surface area contributed by atoms with Crippen LogP contribution in [0.2, 0.25) is 0 Å². The zero-order chi connectivity index (χ0) is 25.2. The molecule has 2 aliphatic heterocycles. The van der Waals surface area contributed by atoms with E-state index in [0.717, 1.165) is 41.9 Å². The Morgan fingerprint density at radius 1 is 1.26 bits per heavy atom. The lowest BCUT2D eigenvalue weighted by Gasteiger charge is -2.33. The van der Waals surface area contributed by atoms with Crippen LogP contribution in [0.15, 0.2) is 30.5 Å². The van der Waals surface area contributed by atoms with E-state index in [1.165, 1.54) is 5.56 Å². The molecule has 3 N–H and O–H groups in total. The summed E-state index contributed by atoms with van der Waals surface area (Å²) in [4.78, 5) is 13.1. The highest BCUT2D eigenvalue weighted by Crippen LogP contribution is 2.40. The minimum absolute atomic E-state index is 0.134. The second-order valence-electron chi connectivity index (χ2n) is 9.07. The molecule has 0 bridgehead atoms. The molecule has 2 aliphatic rings. The van der Waals surface area contributed by atoms with Crippen LogP contribution in [-0.4, -0.2) is 54.3 Å². The van der Waals surface area contributed by atoms with Crippen molar-refractivity contribution in [2.24, 2.45) is 0 Å². The van der Waals surface area contributed by atoms with Gasteiger partial charge in [-0.2, -0.15) is 8.42 Å². The van der Waals surface area contributed by atoms with Crippen molar-refractivity contribution in [3.8, 4) is 5.75 Å². The van der Waals surface area contributed by atoms with Crippen molar-refractivity contribution in [3.05, 3.63) is 52.8 Å². The lowest BCUT2D eigenvalue weighted by molar-refractivity contribution is -0.702. The molecule has 0 amide bonds. The first-order valence-electron chi connectivity index (χ1n) is 11.8. The zero-order valence-electron chi connectivity index (χ0n) is 19.7. The van der Waals surface area contributed by atoms with Gasteiger partial charge in [0, 0.05) is 67.9 Å². The van der Waals surface area contributed by atoms with E-state index in [1.807, 2.05) is 42.0 Å². The zero-order valence-corrected chi connectivity index (χ0v) is 20.5. The van der Waals surface area contributed by atoms with Crippen LogP contribution >= 0.6 is 0 Å². The number of benzene rings is 1. The van der Waals surface area contributed by atoms with Gasteiger partial charge in [-0.25, -0.2) is 4.57 Å². The fraction of sp³-hybridized carbons (Fsp3) is 0.440. The maximum atomic E-state index is 11.0. The minimum Gasteiger partial charge on any atom is -0.481 e. The largest absolute Gasteiger partial charge is 0.481 e. The smallest absolute Gasteiger partial charge is 0.303 e. The van der Waals surface area contributed by atoms with Crippen LogP contribution in [0.4, 0.5) is 5.69 Å². The number of carboxylic acid groups (broad SMARTS) is 1. The molecule has 0 spiro atoms. The number of hydrogen-bond acceptors (Lipinski definition) is 6. The molecular weight excluding hydrogens is 472 g/mol. The Kier molecular flexibility index (Phi) is 7.44. The number of anilines is 1. The van der Waals surface area contributed by atoms with Crippen molar-refractivity contribution in [3.63, 3.8) is 0 Å². The lowest BCUT2D eigenvalue weighted by atomic mass is 9.94. The van der Waals surface area contributed by atoms with Crippen LogP contribution in [0.25, 0.3) is 11.6 Å². The van der Waals surface area contributed by atoms with Gasteiger partial charge in [-0.1, -0.05) is 0 Å². The first kappa shape index (κ1) is 25.2. The Hall–Kier alpha value is -2.95. The van der Waals surface area contributed by atoms with Crippen LogP contribution in [0, 0.1) is 6.92 Å². The number of fused-ring (bicyclic) bond motifs is 2. The summed E-state index contributed by atoms with van der Waals surface area (Å²) in [5, 5.41) is 19.7. The quantitative estimate of drug-likeness (QED) is 0.352. The number of aromatic nitrogens is 1. The Morgan fingerprint density at radius 3 is 2.77 bits per heavy atom. The highest BCUT2D eigenvalue weighted by Gasteiger charge is 2.27. The second kappa shape index (κ2) is 10.3. The van der Waals surface area contributed by atoms with Gasteiger partial charge in [-0.3, -0.25) is 9.35 Å². The van der Waals surface area contributed by atoms with Crippen LogP contribution < -0.4 is 14.2 Å². The molecule has 0 fully saturated rings. The number of aryl methyl sites for hydroxylation is 3. The van der Waals surface area contributed by atoms with Crippen LogP contribution in [0.5, 0.6) is 5.75 Å². The molecule has 1 unspecified atom stereocenters. The Bertz CT molecular complexity index is 1260. The van der Waals surface area contributed by atoms with Gasteiger partial charge in [0.15, 0.2) is 11.9 Å². The Morgan fingerprint density at radius 2 is 2.06 bits per heavy atom. The molecule has 35 heavy (non-hydrogen) atoms. The number of aliphatic hydroxyl groups excluding tert-OH is 1. The van der Waals surface area contributed by atoms with Gasteiger partial charge in [0.25, 0.3) is 10.1 Å². The molecule has 0 saturated carbocycles. The van der Waals surface area contributed by atoms with E-state index in [9.17, 15) is 18.3 Å². The summed E-state index contributed by atoms with van der Waals surface area (Å²) in [6.45, 7) is 3.87. The Labute approximate surface area is 205 Å². The monoisotopic (exact) mass is 503 g/mol. The van der Waals surface area contributed by atoms with E-state index in [4.69, 9.17) is 14.4 Å². The minimum atomic E-state index is -3.99. The van der Waals surface area contributed by atoms with Crippen LogP contribution in [0.3, 0.4) is 0 Å². The standard InChI is InChI=1S/C25H30N2O7S/c1-17-13-18(7-11-26(17)10-4-12-35(31,32)33)21-15-20-14-19-5-2-8-27(9-3-6-24(28)29)22(19)16-23(20)34-25(21)30/h7,11,13-16,25,30H,2-6,8-10,12H2,1H3,(H-,28,29,31,32,33)/p+1. The SMILES string of the molecule is Cc1cc(C2=Cc3cc4c(cc3OC2O)N(CCCC(=O)O)CCC4)cc[n+]1CCCS(=O)(=O)O. The normalized spacial score (nSPS) is 17.3. The fourth-order valence-corrected chi connectivity index (χ4v) is 5.21. The molecule has 2 aromatic rings. The number of aliphatic carboxylic acids is 1. The maximum Gasteiger partial charge on any atom is 0.303 e. The van der Waals surface area contributed by atoms with Crippen molar-refractivity contribution in [1.29, 1.82) is 0 Å². The predicted molar refractivity (Wildman–Crippen MR) is 131 cm³/mol. The number of hydrogen-bond donors (Lipinski definition) is 3. The third-order valence-electron chi connectivity index (χ3n) is 6.45. The van der Waals surface area contributed by atoms with E-state index in [-0.39, 0.29) is 12.2 Å². The summed E-state index contributed by atoms with van der Waals surface area (Å²) >= 11 is 0. The van der Waals surface area contributed by atoms with Crippen LogP contribution in [-0.2, 0) is 27.9 Å². The molecule has 188 valence electrons. The van der Waals surface area contributed by atoms with Crippen molar-refractivity contribution < 1.29 is 37.3 Å². The van der Waals surface area contributed by atoms with Crippen molar-refractivity contribution >= 4 is 33.4 Å². The topological polar surface area (TPSA) is 128 Å². The number of carboxylic acids is 1. The van der Waals surface area contributed by atoms with Gasteiger partial charge in [0.1, 0.15) is 12.3 Å². The number of rotatable bonds is 9. The number of pyridine rings is 1. The van der Waals surface area contributed by atoms with E-state index < -0.39 is 22.4 Å². The molecule has 0 saturated heterocycles. The van der Waals surface area contributed by atoms with E-state index >= 15 is 0 Å². The van der Waals surface area contributed by atoms with Crippen LogP contribution in [0.1, 0.15) is 48.1 Å². The molecule has 4 rings (SSSR count). The molecular formula is C25H31N2O7S+. The average Bonchev–Trinajstić information content (AvgIpc) is 2.78. The van der Waals surface area contributed by atoms with E-state index in [2.05, 4.69) is 11.0 Å². The summed E-state index contributed by atoms with van der Waals surface area (Å²) in [6, 6.07) is 7.80. The number of aliphatic hydroxyl groups is 1. The van der Waals surface area contributed by atoms with Crippen molar-refractivity contribution in [2.45, 2.75) is 51.9 Å². The highest BCUT2D eigenvalue weighted by molar-refractivity contribution is 7.85. The first-order chi connectivity index (χ1) is 16.6. The number of carbonyl (C=O) groups is 1. The predicted octanol–water partition coefficient (Wildman–Crippen LogP) is 2.43. The third-order valence-corrected chi connectivity index (χ3v) is 7.25.